The number of rotatable bonds is 5. The molecular weight excluding hydrogens is 312 g/mol. The van der Waals surface area contributed by atoms with Crippen molar-refractivity contribution in [3.8, 4) is 5.69 Å². The van der Waals surface area contributed by atoms with Crippen LogP contribution in [-0.2, 0) is 6.42 Å². The van der Waals surface area contributed by atoms with Crippen molar-refractivity contribution >= 4 is 11.6 Å². The van der Waals surface area contributed by atoms with E-state index in [0.717, 1.165) is 41.0 Å². The number of aromatic nitrogens is 3. The fourth-order valence-corrected chi connectivity index (χ4v) is 2.85. The van der Waals surface area contributed by atoms with Gasteiger partial charge in [-0.2, -0.15) is 0 Å². The second kappa shape index (κ2) is 7.30. The van der Waals surface area contributed by atoms with Crippen molar-refractivity contribution in [3.05, 3.63) is 71.0 Å². The van der Waals surface area contributed by atoms with Crippen molar-refractivity contribution in [1.82, 2.24) is 15.0 Å². The van der Waals surface area contributed by atoms with Gasteiger partial charge < -0.3 is 5.32 Å². The third kappa shape index (κ3) is 3.60. The monoisotopic (exact) mass is 334 g/mol. The first-order valence-electron chi connectivity index (χ1n) is 8.48. The zero-order chi connectivity index (χ0) is 17.8. The average Bonchev–Trinajstić information content (AvgIpc) is 3.02. The first kappa shape index (κ1) is 16.9. The molecule has 1 amide bonds. The van der Waals surface area contributed by atoms with Crippen LogP contribution in [0.3, 0.4) is 0 Å². The molecule has 0 radical (unpaired) electrons. The fourth-order valence-electron chi connectivity index (χ4n) is 2.85. The highest BCUT2D eigenvalue weighted by atomic mass is 16.2. The van der Waals surface area contributed by atoms with E-state index in [4.69, 9.17) is 0 Å². The highest BCUT2D eigenvalue weighted by Crippen LogP contribution is 2.19. The molecule has 1 N–H and O–H groups in total. The molecular formula is C20H22N4O. The molecule has 0 bridgehead atoms. The van der Waals surface area contributed by atoms with Gasteiger partial charge in [0.05, 0.1) is 11.4 Å². The molecule has 3 aromatic rings. The van der Waals surface area contributed by atoms with Crippen LogP contribution in [0, 0.1) is 13.8 Å². The molecule has 25 heavy (non-hydrogen) atoms. The summed E-state index contributed by atoms with van der Waals surface area (Å²) in [6, 6.07) is 15.7. The van der Waals surface area contributed by atoms with Gasteiger partial charge in [0.15, 0.2) is 5.69 Å². The Bertz CT molecular complexity index is 884. The summed E-state index contributed by atoms with van der Waals surface area (Å²) in [5.41, 5.74) is 5.11. The number of aryl methyl sites for hydroxylation is 2. The number of carbonyl (C=O) groups is 1. The van der Waals surface area contributed by atoms with Gasteiger partial charge >= 0.3 is 0 Å². The summed E-state index contributed by atoms with van der Waals surface area (Å²) in [4.78, 5) is 12.8. The van der Waals surface area contributed by atoms with Crippen LogP contribution in [-0.4, -0.2) is 20.9 Å². The molecule has 0 unspecified atom stereocenters. The average molecular weight is 334 g/mol. The number of nitrogens with one attached hydrogen (secondary N) is 1. The second-order valence-corrected chi connectivity index (χ2v) is 6.15. The highest BCUT2D eigenvalue weighted by Gasteiger charge is 2.20. The van der Waals surface area contributed by atoms with Gasteiger partial charge in [-0.05, 0) is 44.0 Å². The number of anilines is 1. The minimum atomic E-state index is -0.224. The molecule has 0 fully saturated rings. The van der Waals surface area contributed by atoms with Gasteiger partial charge in [0.2, 0.25) is 0 Å². The molecule has 1 aromatic heterocycles. The quantitative estimate of drug-likeness (QED) is 0.764. The Balaban J connectivity index is 1.93. The Morgan fingerprint density at radius 2 is 1.88 bits per heavy atom. The maximum Gasteiger partial charge on any atom is 0.278 e. The van der Waals surface area contributed by atoms with Crippen molar-refractivity contribution < 1.29 is 4.79 Å². The smallest absolute Gasteiger partial charge is 0.278 e. The predicted molar refractivity (Wildman–Crippen MR) is 99.2 cm³/mol. The van der Waals surface area contributed by atoms with E-state index >= 15 is 0 Å². The first-order chi connectivity index (χ1) is 12.1. The van der Waals surface area contributed by atoms with E-state index in [9.17, 15) is 4.79 Å². The molecule has 1 heterocycles. The fraction of sp³-hybridized carbons (Fsp3) is 0.250. The summed E-state index contributed by atoms with van der Waals surface area (Å²) in [5.74, 6) is -0.224. The lowest BCUT2D eigenvalue weighted by molar-refractivity contribution is 0.102. The lowest BCUT2D eigenvalue weighted by atomic mass is 10.1. The molecule has 0 spiro atoms. The Kier molecular flexibility index (Phi) is 4.93. The number of hydrogen-bond acceptors (Lipinski definition) is 3. The van der Waals surface area contributed by atoms with E-state index < -0.39 is 0 Å². The van der Waals surface area contributed by atoms with Crippen molar-refractivity contribution in [3.63, 3.8) is 0 Å². The molecule has 0 saturated carbocycles. The Labute approximate surface area is 147 Å². The van der Waals surface area contributed by atoms with E-state index in [1.807, 2.05) is 62.4 Å². The molecule has 5 heteroatoms. The van der Waals surface area contributed by atoms with E-state index in [2.05, 4.69) is 22.6 Å². The molecule has 0 aliphatic rings. The van der Waals surface area contributed by atoms with E-state index in [1.54, 1.807) is 4.68 Å². The molecule has 0 saturated heterocycles. The minimum Gasteiger partial charge on any atom is -0.320 e. The van der Waals surface area contributed by atoms with Gasteiger partial charge in [0.1, 0.15) is 0 Å². The van der Waals surface area contributed by atoms with Crippen LogP contribution in [0.2, 0.25) is 0 Å². The van der Waals surface area contributed by atoms with Gasteiger partial charge in [-0.1, -0.05) is 54.5 Å². The molecule has 0 aliphatic carbocycles. The number of carbonyl (C=O) groups excluding carboxylic acids is 1. The summed E-state index contributed by atoms with van der Waals surface area (Å²) in [7, 11) is 0. The van der Waals surface area contributed by atoms with Crippen molar-refractivity contribution in [1.29, 1.82) is 0 Å². The Morgan fingerprint density at radius 3 is 2.56 bits per heavy atom. The second-order valence-electron chi connectivity index (χ2n) is 6.15. The number of para-hydroxylation sites is 1. The maximum absolute atomic E-state index is 12.8. The Morgan fingerprint density at radius 1 is 1.12 bits per heavy atom. The van der Waals surface area contributed by atoms with Crippen molar-refractivity contribution in [2.45, 2.75) is 33.6 Å². The van der Waals surface area contributed by atoms with Gasteiger partial charge in [0.25, 0.3) is 5.91 Å². The minimum absolute atomic E-state index is 0.224. The van der Waals surface area contributed by atoms with Gasteiger partial charge in [-0.25, -0.2) is 4.68 Å². The molecule has 0 aliphatic heterocycles. The topological polar surface area (TPSA) is 59.8 Å². The molecule has 0 atom stereocenters. The van der Waals surface area contributed by atoms with Gasteiger partial charge in [-0.15, -0.1) is 5.10 Å². The van der Waals surface area contributed by atoms with Crippen LogP contribution in [0.5, 0.6) is 0 Å². The summed E-state index contributed by atoms with van der Waals surface area (Å²) in [6.45, 7) is 6.09. The molecule has 5 nitrogen and oxygen atoms in total. The summed E-state index contributed by atoms with van der Waals surface area (Å²) < 4.78 is 1.75. The van der Waals surface area contributed by atoms with Crippen molar-refractivity contribution in [2.75, 3.05) is 5.32 Å². The predicted octanol–water partition coefficient (Wildman–Crippen LogP) is 4.09. The zero-order valence-corrected chi connectivity index (χ0v) is 14.8. The number of hydrogen-bond donors (Lipinski definition) is 1. The summed E-state index contributed by atoms with van der Waals surface area (Å²) in [6.07, 6.45) is 1.64. The third-order valence-corrected chi connectivity index (χ3v) is 4.10. The van der Waals surface area contributed by atoms with Gasteiger partial charge in [-0.3, -0.25) is 4.79 Å². The maximum atomic E-state index is 12.8. The largest absolute Gasteiger partial charge is 0.320 e. The standard InChI is InChI=1S/C20H22N4O/c1-4-8-18-19(22-23-24(18)16-9-6-5-7-10-16)20(25)21-17-12-11-14(2)13-15(17)3/h5-7,9-13H,4,8H2,1-3H3,(H,21,25). The van der Waals surface area contributed by atoms with Crippen molar-refractivity contribution in [2.24, 2.45) is 0 Å². The normalized spacial score (nSPS) is 10.7. The summed E-state index contributed by atoms with van der Waals surface area (Å²) in [5, 5.41) is 11.3. The number of amides is 1. The van der Waals surface area contributed by atoms with Crippen LogP contribution in [0.4, 0.5) is 5.69 Å². The number of nitrogens with zero attached hydrogens (tertiary/aromatic N) is 3. The highest BCUT2D eigenvalue weighted by molar-refractivity contribution is 6.04. The zero-order valence-electron chi connectivity index (χ0n) is 14.8. The number of benzene rings is 2. The van der Waals surface area contributed by atoms with E-state index in [-0.39, 0.29) is 5.91 Å². The van der Waals surface area contributed by atoms with Crippen LogP contribution in [0.15, 0.2) is 48.5 Å². The summed E-state index contributed by atoms with van der Waals surface area (Å²) >= 11 is 0. The lowest BCUT2D eigenvalue weighted by Gasteiger charge is -2.10. The van der Waals surface area contributed by atoms with E-state index in [0.29, 0.717) is 5.69 Å². The third-order valence-electron chi connectivity index (χ3n) is 4.10. The molecule has 2 aromatic carbocycles. The lowest BCUT2D eigenvalue weighted by Crippen LogP contribution is -2.16. The van der Waals surface area contributed by atoms with E-state index in [1.165, 1.54) is 0 Å². The molecule has 3 rings (SSSR count). The van der Waals surface area contributed by atoms with Gasteiger partial charge in [0, 0.05) is 5.69 Å². The van der Waals surface area contributed by atoms with Crippen LogP contribution in [0.1, 0.15) is 40.7 Å². The molecule has 128 valence electrons. The first-order valence-corrected chi connectivity index (χ1v) is 8.48. The van der Waals surface area contributed by atoms with Crippen LogP contribution < -0.4 is 5.32 Å². The van der Waals surface area contributed by atoms with Crippen LogP contribution >= 0.6 is 0 Å². The Hall–Kier alpha value is -2.95. The van der Waals surface area contributed by atoms with Crippen LogP contribution in [0.25, 0.3) is 5.69 Å². The SMILES string of the molecule is CCCc1c(C(=O)Nc2ccc(C)cc2C)nnn1-c1ccccc1.